The first-order chi connectivity index (χ1) is 10.3. The van der Waals surface area contributed by atoms with Gasteiger partial charge in [0.15, 0.2) is 0 Å². The van der Waals surface area contributed by atoms with Crippen LogP contribution in [0.1, 0.15) is 22.3 Å². The van der Waals surface area contributed by atoms with Crippen LogP contribution in [0, 0.1) is 13.8 Å². The lowest BCUT2D eigenvalue weighted by Gasteiger charge is -2.21. The van der Waals surface area contributed by atoms with Crippen molar-refractivity contribution >= 4 is 16.5 Å². The van der Waals surface area contributed by atoms with E-state index in [-0.39, 0.29) is 0 Å². The molecule has 4 rings (SSSR count). The average Bonchev–Trinajstić information content (AvgIpc) is 2.90. The van der Waals surface area contributed by atoms with E-state index in [0.717, 1.165) is 39.0 Å². The number of hydrogen-bond acceptors (Lipinski definition) is 3. The molecule has 0 saturated carbocycles. The van der Waals surface area contributed by atoms with Gasteiger partial charge < -0.3 is 9.15 Å². The number of pyridine rings is 1. The largest absolute Gasteiger partial charge is 0.488 e. The van der Waals surface area contributed by atoms with E-state index in [2.05, 4.69) is 37.0 Å². The van der Waals surface area contributed by atoms with Gasteiger partial charge in [-0.15, -0.1) is 0 Å². The van der Waals surface area contributed by atoms with Crippen LogP contribution in [0.2, 0.25) is 0 Å². The Hall–Kier alpha value is -2.55. The van der Waals surface area contributed by atoms with Crippen molar-refractivity contribution in [3.8, 4) is 5.75 Å². The third-order valence-corrected chi connectivity index (χ3v) is 4.02. The number of furan rings is 1. The van der Waals surface area contributed by atoms with E-state index in [1.165, 1.54) is 5.57 Å². The van der Waals surface area contributed by atoms with Gasteiger partial charge in [0.05, 0.1) is 6.26 Å². The van der Waals surface area contributed by atoms with Gasteiger partial charge in [-0.3, -0.25) is 4.98 Å². The molecule has 0 amide bonds. The summed E-state index contributed by atoms with van der Waals surface area (Å²) in [5.41, 5.74) is 6.52. The number of benzene rings is 1. The quantitative estimate of drug-likeness (QED) is 0.666. The predicted molar refractivity (Wildman–Crippen MR) is 82.5 cm³/mol. The normalized spacial score (nSPS) is 13.7. The molecule has 0 bridgehead atoms. The topological polar surface area (TPSA) is 35.3 Å². The van der Waals surface area contributed by atoms with Crippen molar-refractivity contribution in [2.24, 2.45) is 0 Å². The van der Waals surface area contributed by atoms with Crippen molar-refractivity contribution in [2.45, 2.75) is 13.8 Å². The first kappa shape index (κ1) is 12.2. The predicted octanol–water partition coefficient (Wildman–Crippen LogP) is 4.27. The van der Waals surface area contributed by atoms with Crippen molar-refractivity contribution in [3.63, 3.8) is 0 Å². The molecule has 3 nitrogen and oxygen atoms in total. The van der Waals surface area contributed by atoms with Gasteiger partial charge in [-0.05, 0) is 43.2 Å². The third kappa shape index (κ3) is 1.77. The molecule has 0 N–H and O–H groups in total. The summed E-state index contributed by atoms with van der Waals surface area (Å²) >= 11 is 0. The van der Waals surface area contributed by atoms with Crippen LogP contribution in [0.3, 0.4) is 0 Å². The molecule has 0 spiro atoms. The lowest BCUT2D eigenvalue weighted by atomic mass is 9.93. The number of rotatable bonds is 1. The standard InChI is InChI=1S/C18H15NO2/c1-11-10-21-17-12(2)18-16(8-15(11)17)14(5-7-20-18)13-4-3-6-19-9-13/h3-6,8-10H,7H2,1-2H3. The fourth-order valence-corrected chi connectivity index (χ4v) is 2.94. The second-order valence-corrected chi connectivity index (χ2v) is 5.34. The molecule has 1 aliphatic heterocycles. The molecule has 0 radical (unpaired) electrons. The van der Waals surface area contributed by atoms with Crippen LogP contribution < -0.4 is 4.74 Å². The minimum Gasteiger partial charge on any atom is -0.488 e. The highest BCUT2D eigenvalue weighted by Crippen LogP contribution is 2.41. The van der Waals surface area contributed by atoms with Crippen molar-refractivity contribution in [3.05, 3.63) is 65.2 Å². The molecule has 0 fully saturated rings. The molecule has 0 atom stereocenters. The van der Waals surface area contributed by atoms with Gasteiger partial charge in [0.1, 0.15) is 17.9 Å². The van der Waals surface area contributed by atoms with Gasteiger partial charge in [0, 0.05) is 34.5 Å². The number of aryl methyl sites for hydroxylation is 2. The Morgan fingerprint density at radius 3 is 2.95 bits per heavy atom. The molecule has 104 valence electrons. The summed E-state index contributed by atoms with van der Waals surface area (Å²) in [5.74, 6) is 0.915. The lowest BCUT2D eigenvalue weighted by molar-refractivity contribution is 0.355. The SMILES string of the molecule is Cc1coc2c(C)c3c(cc12)C(c1cccnc1)=CCO3. The first-order valence-electron chi connectivity index (χ1n) is 7.01. The Kier molecular flexibility index (Phi) is 2.61. The lowest BCUT2D eigenvalue weighted by Crippen LogP contribution is -2.07. The maximum atomic E-state index is 5.87. The Balaban J connectivity index is 2.01. The summed E-state index contributed by atoms with van der Waals surface area (Å²) in [6.45, 7) is 4.69. The van der Waals surface area contributed by atoms with Crippen LogP contribution in [-0.4, -0.2) is 11.6 Å². The molecule has 0 saturated heterocycles. The fourth-order valence-electron chi connectivity index (χ4n) is 2.94. The van der Waals surface area contributed by atoms with E-state index in [0.29, 0.717) is 6.61 Å². The molecular weight excluding hydrogens is 262 g/mol. The van der Waals surface area contributed by atoms with Gasteiger partial charge >= 0.3 is 0 Å². The zero-order chi connectivity index (χ0) is 14.4. The third-order valence-electron chi connectivity index (χ3n) is 4.02. The van der Waals surface area contributed by atoms with E-state index in [9.17, 15) is 0 Å². The maximum absolute atomic E-state index is 5.87. The summed E-state index contributed by atoms with van der Waals surface area (Å²) in [5, 5.41) is 1.14. The molecule has 1 aromatic carbocycles. The average molecular weight is 277 g/mol. The Bertz CT molecular complexity index is 860. The van der Waals surface area contributed by atoms with Crippen LogP contribution in [0.15, 0.2) is 47.3 Å². The molecule has 3 heterocycles. The first-order valence-corrected chi connectivity index (χ1v) is 7.01. The molecule has 0 unspecified atom stereocenters. The van der Waals surface area contributed by atoms with E-state index in [4.69, 9.17) is 9.15 Å². The van der Waals surface area contributed by atoms with Crippen LogP contribution >= 0.6 is 0 Å². The summed E-state index contributed by atoms with van der Waals surface area (Å²) in [6, 6.07) is 6.20. The number of nitrogens with zero attached hydrogens (tertiary/aromatic N) is 1. The van der Waals surface area contributed by atoms with Gasteiger partial charge in [0.2, 0.25) is 0 Å². The van der Waals surface area contributed by atoms with Crippen LogP contribution in [0.4, 0.5) is 0 Å². The zero-order valence-corrected chi connectivity index (χ0v) is 12.0. The van der Waals surface area contributed by atoms with E-state index in [1.807, 2.05) is 12.3 Å². The smallest absolute Gasteiger partial charge is 0.140 e. The second kappa shape index (κ2) is 4.48. The Morgan fingerprint density at radius 1 is 1.24 bits per heavy atom. The fraction of sp³-hybridized carbons (Fsp3) is 0.167. The van der Waals surface area contributed by atoms with Crippen molar-refractivity contribution in [1.82, 2.24) is 4.98 Å². The van der Waals surface area contributed by atoms with Gasteiger partial charge in [-0.2, -0.15) is 0 Å². The minimum atomic E-state index is 0.573. The van der Waals surface area contributed by atoms with E-state index < -0.39 is 0 Å². The molecular formula is C18H15NO2. The Labute approximate surface area is 122 Å². The zero-order valence-electron chi connectivity index (χ0n) is 12.0. The van der Waals surface area contributed by atoms with Gasteiger partial charge in [0.25, 0.3) is 0 Å². The monoisotopic (exact) mass is 277 g/mol. The highest BCUT2D eigenvalue weighted by atomic mass is 16.5. The van der Waals surface area contributed by atoms with E-state index >= 15 is 0 Å². The molecule has 0 aliphatic carbocycles. The van der Waals surface area contributed by atoms with Crippen molar-refractivity contribution in [1.29, 1.82) is 0 Å². The highest BCUT2D eigenvalue weighted by molar-refractivity contribution is 5.94. The molecule has 21 heavy (non-hydrogen) atoms. The molecule has 3 heteroatoms. The number of ether oxygens (including phenoxy) is 1. The number of hydrogen-bond donors (Lipinski definition) is 0. The Morgan fingerprint density at radius 2 is 2.14 bits per heavy atom. The molecule has 1 aliphatic rings. The summed E-state index contributed by atoms with van der Waals surface area (Å²) in [6.07, 6.45) is 7.60. The van der Waals surface area contributed by atoms with Crippen LogP contribution in [-0.2, 0) is 0 Å². The van der Waals surface area contributed by atoms with Crippen molar-refractivity contribution in [2.75, 3.05) is 6.61 Å². The number of fused-ring (bicyclic) bond motifs is 2. The molecule has 2 aromatic heterocycles. The number of aromatic nitrogens is 1. The van der Waals surface area contributed by atoms with Gasteiger partial charge in [-0.25, -0.2) is 0 Å². The summed E-state index contributed by atoms with van der Waals surface area (Å²) in [7, 11) is 0. The van der Waals surface area contributed by atoms with Crippen molar-refractivity contribution < 1.29 is 9.15 Å². The van der Waals surface area contributed by atoms with E-state index in [1.54, 1.807) is 12.5 Å². The summed E-state index contributed by atoms with van der Waals surface area (Å²) < 4.78 is 11.5. The molecule has 3 aromatic rings. The van der Waals surface area contributed by atoms with Crippen LogP contribution in [0.5, 0.6) is 5.75 Å². The second-order valence-electron chi connectivity index (χ2n) is 5.34. The summed E-state index contributed by atoms with van der Waals surface area (Å²) in [4.78, 5) is 4.22. The van der Waals surface area contributed by atoms with Gasteiger partial charge in [-0.1, -0.05) is 6.07 Å². The minimum absolute atomic E-state index is 0.573. The highest BCUT2D eigenvalue weighted by Gasteiger charge is 2.21. The maximum Gasteiger partial charge on any atom is 0.140 e. The van der Waals surface area contributed by atoms with Crippen LogP contribution in [0.25, 0.3) is 16.5 Å².